The fourth-order valence-electron chi connectivity index (χ4n) is 3.42. The number of carbonyl (C=O) groups is 2. The van der Waals surface area contributed by atoms with Crippen LogP contribution < -0.4 is 0 Å². The number of thiophene rings is 1. The zero-order valence-electron chi connectivity index (χ0n) is 18.3. The Labute approximate surface area is 181 Å². The molecule has 3 rings (SSSR count). The number of aromatic nitrogens is 2. The van der Waals surface area contributed by atoms with Gasteiger partial charge in [-0.15, -0.1) is 21.5 Å². The van der Waals surface area contributed by atoms with Gasteiger partial charge in [0.15, 0.2) is 0 Å². The number of piperazine rings is 1. The van der Waals surface area contributed by atoms with E-state index in [1.807, 2.05) is 50.1 Å². The molecular formula is C21H31N5O3S. The molecule has 0 radical (unpaired) electrons. The second-order valence-corrected chi connectivity index (χ2v) is 9.56. The molecule has 0 aromatic carbocycles. The van der Waals surface area contributed by atoms with Crippen molar-refractivity contribution < 1.29 is 14.0 Å². The minimum absolute atomic E-state index is 0.0447. The number of carbonyl (C=O) groups excluding carboxylic acids is 2. The first-order valence-corrected chi connectivity index (χ1v) is 11.3. The van der Waals surface area contributed by atoms with Crippen LogP contribution in [-0.4, -0.2) is 76.0 Å². The van der Waals surface area contributed by atoms with Crippen LogP contribution in [0, 0.1) is 5.41 Å². The van der Waals surface area contributed by atoms with Crippen LogP contribution in [0.15, 0.2) is 21.9 Å². The molecule has 0 unspecified atom stereocenters. The Morgan fingerprint density at radius 3 is 2.53 bits per heavy atom. The maximum atomic E-state index is 12.9. The molecule has 9 heteroatoms. The Bertz CT molecular complexity index is 835. The van der Waals surface area contributed by atoms with Crippen molar-refractivity contribution in [3.05, 3.63) is 23.4 Å². The number of hydrogen-bond donors (Lipinski definition) is 0. The van der Waals surface area contributed by atoms with Crippen LogP contribution in [0.4, 0.5) is 0 Å². The van der Waals surface area contributed by atoms with Crippen molar-refractivity contribution >= 4 is 23.2 Å². The van der Waals surface area contributed by atoms with Gasteiger partial charge in [0.05, 0.1) is 18.0 Å². The largest absolute Gasteiger partial charge is 0.418 e. The summed E-state index contributed by atoms with van der Waals surface area (Å²) in [7, 11) is 0. The lowest BCUT2D eigenvalue weighted by atomic mass is 9.94. The summed E-state index contributed by atoms with van der Waals surface area (Å²) in [6, 6.07) is 3.87. The Morgan fingerprint density at radius 2 is 1.93 bits per heavy atom. The number of nitrogens with zero attached hydrogens (tertiary/aromatic N) is 5. The molecule has 2 amide bonds. The molecule has 2 aromatic rings. The molecule has 30 heavy (non-hydrogen) atoms. The Balaban J connectivity index is 1.54. The lowest BCUT2D eigenvalue weighted by molar-refractivity contribution is -0.141. The van der Waals surface area contributed by atoms with Gasteiger partial charge >= 0.3 is 0 Å². The second-order valence-electron chi connectivity index (χ2n) is 8.61. The molecule has 1 saturated heterocycles. The highest BCUT2D eigenvalue weighted by Crippen LogP contribution is 2.23. The first-order valence-electron chi connectivity index (χ1n) is 10.4. The third-order valence-electron chi connectivity index (χ3n) is 5.03. The molecule has 3 heterocycles. The minimum atomic E-state index is -0.373. The van der Waals surface area contributed by atoms with E-state index in [2.05, 4.69) is 15.1 Å². The predicted octanol–water partition coefficient (Wildman–Crippen LogP) is 2.73. The summed E-state index contributed by atoms with van der Waals surface area (Å²) >= 11 is 1.54. The van der Waals surface area contributed by atoms with Gasteiger partial charge in [0.25, 0.3) is 5.89 Å². The Hall–Kier alpha value is -2.26. The third-order valence-corrected chi connectivity index (χ3v) is 5.89. The molecule has 0 aliphatic carbocycles. The van der Waals surface area contributed by atoms with E-state index >= 15 is 0 Å². The Morgan fingerprint density at radius 1 is 1.20 bits per heavy atom. The molecule has 8 nitrogen and oxygen atoms in total. The van der Waals surface area contributed by atoms with Gasteiger partial charge in [-0.3, -0.25) is 14.5 Å². The second kappa shape index (κ2) is 9.70. The summed E-state index contributed by atoms with van der Waals surface area (Å²) in [6.45, 7) is 11.9. The first-order chi connectivity index (χ1) is 14.3. The van der Waals surface area contributed by atoms with E-state index in [4.69, 9.17) is 4.42 Å². The molecule has 2 aromatic heterocycles. The summed E-state index contributed by atoms with van der Waals surface area (Å²) in [5, 5.41) is 10.2. The van der Waals surface area contributed by atoms with Crippen molar-refractivity contribution in [2.45, 2.75) is 40.7 Å². The van der Waals surface area contributed by atoms with E-state index < -0.39 is 0 Å². The lowest BCUT2D eigenvalue weighted by Crippen LogP contribution is -2.53. The third kappa shape index (κ3) is 5.66. The van der Waals surface area contributed by atoms with Crippen LogP contribution in [0.2, 0.25) is 0 Å². The summed E-state index contributed by atoms with van der Waals surface area (Å²) in [4.78, 5) is 32.1. The van der Waals surface area contributed by atoms with E-state index in [9.17, 15) is 9.59 Å². The van der Waals surface area contributed by atoms with Gasteiger partial charge in [0, 0.05) is 38.1 Å². The maximum absolute atomic E-state index is 12.9. The van der Waals surface area contributed by atoms with Crippen molar-refractivity contribution in [1.29, 1.82) is 0 Å². The summed E-state index contributed by atoms with van der Waals surface area (Å²) in [5.41, 5.74) is -0.373. The van der Waals surface area contributed by atoms with E-state index in [0.717, 1.165) is 11.3 Å². The van der Waals surface area contributed by atoms with Crippen molar-refractivity contribution in [3.8, 4) is 10.8 Å². The van der Waals surface area contributed by atoms with Crippen LogP contribution in [-0.2, 0) is 16.1 Å². The minimum Gasteiger partial charge on any atom is -0.418 e. The van der Waals surface area contributed by atoms with Crippen LogP contribution >= 0.6 is 11.3 Å². The van der Waals surface area contributed by atoms with Crippen molar-refractivity contribution in [1.82, 2.24) is 24.9 Å². The van der Waals surface area contributed by atoms with Crippen molar-refractivity contribution in [3.63, 3.8) is 0 Å². The van der Waals surface area contributed by atoms with Gasteiger partial charge in [-0.1, -0.05) is 33.8 Å². The zero-order chi connectivity index (χ0) is 21.7. The van der Waals surface area contributed by atoms with Crippen LogP contribution in [0.25, 0.3) is 10.8 Å². The van der Waals surface area contributed by atoms with E-state index in [0.29, 0.717) is 57.6 Å². The molecule has 0 N–H and O–H groups in total. The fraction of sp³-hybridized carbons (Fsp3) is 0.619. The standard InChI is InChI=1S/C21H31N5O3S/c1-5-8-26(14-17-22-23-19(29-17)16-7-6-13-30-16)18(27)15-24-9-11-25(12-10-24)20(28)21(2,3)4/h6-7,13H,5,8-12,14-15H2,1-4H3. The molecule has 164 valence electrons. The van der Waals surface area contributed by atoms with Gasteiger partial charge in [-0.25, -0.2) is 0 Å². The highest BCUT2D eigenvalue weighted by molar-refractivity contribution is 7.13. The topological polar surface area (TPSA) is 82.8 Å². The lowest BCUT2D eigenvalue weighted by Gasteiger charge is -2.37. The van der Waals surface area contributed by atoms with Gasteiger partial charge in [0.2, 0.25) is 17.7 Å². The molecule has 0 saturated carbocycles. The number of hydrogen-bond acceptors (Lipinski definition) is 7. The first kappa shape index (κ1) is 22.4. The summed E-state index contributed by atoms with van der Waals surface area (Å²) in [6.07, 6.45) is 0.853. The zero-order valence-corrected chi connectivity index (χ0v) is 19.1. The van der Waals surface area contributed by atoms with E-state index in [1.54, 1.807) is 16.2 Å². The van der Waals surface area contributed by atoms with Crippen molar-refractivity contribution in [2.75, 3.05) is 39.3 Å². The molecule has 1 aliphatic rings. The SMILES string of the molecule is CCCN(Cc1nnc(-c2cccs2)o1)C(=O)CN1CCN(C(=O)C(C)(C)C)CC1. The molecular weight excluding hydrogens is 402 g/mol. The average Bonchev–Trinajstić information content (AvgIpc) is 3.38. The van der Waals surface area contributed by atoms with Crippen molar-refractivity contribution in [2.24, 2.45) is 5.41 Å². The highest BCUT2D eigenvalue weighted by atomic mass is 32.1. The number of rotatable bonds is 7. The van der Waals surface area contributed by atoms with Crippen LogP contribution in [0.1, 0.15) is 40.0 Å². The molecule has 0 bridgehead atoms. The number of amides is 2. The molecule has 1 aliphatic heterocycles. The average molecular weight is 434 g/mol. The predicted molar refractivity (Wildman–Crippen MR) is 116 cm³/mol. The Kier molecular flexibility index (Phi) is 7.25. The van der Waals surface area contributed by atoms with Gasteiger partial charge < -0.3 is 14.2 Å². The van der Waals surface area contributed by atoms with Crippen LogP contribution in [0.3, 0.4) is 0 Å². The summed E-state index contributed by atoms with van der Waals surface area (Å²) in [5.74, 6) is 1.15. The monoisotopic (exact) mass is 433 g/mol. The fourth-order valence-corrected chi connectivity index (χ4v) is 4.06. The van der Waals surface area contributed by atoms with Gasteiger partial charge in [0.1, 0.15) is 0 Å². The highest BCUT2D eigenvalue weighted by Gasteiger charge is 2.30. The molecule has 0 spiro atoms. The van der Waals surface area contributed by atoms with E-state index in [1.165, 1.54) is 0 Å². The smallest absolute Gasteiger partial charge is 0.257 e. The van der Waals surface area contributed by atoms with E-state index in [-0.39, 0.29) is 17.2 Å². The van der Waals surface area contributed by atoms with Crippen LogP contribution in [0.5, 0.6) is 0 Å². The molecule has 0 atom stereocenters. The van der Waals surface area contributed by atoms with Gasteiger partial charge in [-0.05, 0) is 17.9 Å². The quantitative estimate of drug-likeness (QED) is 0.668. The summed E-state index contributed by atoms with van der Waals surface area (Å²) < 4.78 is 5.75. The normalized spacial score (nSPS) is 15.4. The van der Waals surface area contributed by atoms with Gasteiger partial charge in [-0.2, -0.15) is 0 Å². The maximum Gasteiger partial charge on any atom is 0.257 e. The molecule has 1 fully saturated rings.